The van der Waals surface area contributed by atoms with E-state index in [9.17, 15) is 17.6 Å². The number of nitrogens with zero attached hydrogens (tertiary/aromatic N) is 1. The zero-order chi connectivity index (χ0) is 16.6. The van der Waals surface area contributed by atoms with Gasteiger partial charge in [-0.3, -0.25) is 4.79 Å². The van der Waals surface area contributed by atoms with Crippen molar-refractivity contribution in [3.63, 3.8) is 0 Å². The molecule has 1 saturated carbocycles. The lowest BCUT2D eigenvalue weighted by Crippen LogP contribution is -2.48. The van der Waals surface area contributed by atoms with E-state index in [-0.39, 0.29) is 5.56 Å². The summed E-state index contributed by atoms with van der Waals surface area (Å²) >= 11 is 0. The van der Waals surface area contributed by atoms with E-state index < -0.39 is 32.9 Å². The SMILES string of the molecule is CS(=O)(=O)[C@@H]1CCCC[C@H]1NC(=O)c1cc(F)cc2[nH]cnc12. The van der Waals surface area contributed by atoms with Gasteiger partial charge in [0.05, 0.1) is 22.7 Å². The highest BCUT2D eigenvalue weighted by atomic mass is 32.2. The minimum Gasteiger partial charge on any atom is -0.348 e. The minimum absolute atomic E-state index is 0.110. The number of hydrogen-bond acceptors (Lipinski definition) is 4. The summed E-state index contributed by atoms with van der Waals surface area (Å²) in [5.41, 5.74) is 0.910. The van der Waals surface area contributed by atoms with Crippen LogP contribution in [0.4, 0.5) is 4.39 Å². The number of imidazole rings is 1. The molecule has 0 saturated heterocycles. The molecule has 0 bridgehead atoms. The van der Waals surface area contributed by atoms with Crippen LogP contribution < -0.4 is 5.32 Å². The Morgan fingerprint density at radius 2 is 2.09 bits per heavy atom. The Labute approximate surface area is 133 Å². The van der Waals surface area contributed by atoms with Crippen molar-refractivity contribution in [3.8, 4) is 0 Å². The molecule has 0 aliphatic heterocycles. The van der Waals surface area contributed by atoms with Gasteiger partial charge in [-0.25, -0.2) is 17.8 Å². The number of aromatic amines is 1. The number of halogens is 1. The van der Waals surface area contributed by atoms with E-state index in [0.29, 0.717) is 23.9 Å². The maximum absolute atomic E-state index is 13.7. The van der Waals surface area contributed by atoms with Crippen LogP contribution in [0.1, 0.15) is 36.0 Å². The molecule has 0 radical (unpaired) electrons. The monoisotopic (exact) mass is 339 g/mol. The second kappa shape index (κ2) is 5.92. The van der Waals surface area contributed by atoms with Crippen molar-refractivity contribution < 1.29 is 17.6 Å². The molecule has 1 fully saturated rings. The zero-order valence-electron chi connectivity index (χ0n) is 12.7. The quantitative estimate of drug-likeness (QED) is 0.892. The predicted molar refractivity (Wildman–Crippen MR) is 84.4 cm³/mol. The average Bonchev–Trinajstić information content (AvgIpc) is 2.93. The largest absolute Gasteiger partial charge is 0.348 e. The van der Waals surface area contributed by atoms with Gasteiger partial charge in [-0.05, 0) is 25.0 Å². The zero-order valence-corrected chi connectivity index (χ0v) is 13.5. The van der Waals surface area contributed by atoms with Crippen LogP contribution >= 0.6 is 0 Å². The molecule has 1 heterocycles. The Morgan fingerprint density at radius 1 is 1.35 bits per heavy atom. The maximum atomic E-state index is 13.7. The summed E-state index contributed by atoms with van der Waals surface area (Å²) in [7, 11) is -3.25. The summed E-state index contributed by atoms with van der Waals surface area (Å²) < 4.78 is 37.5. The van der Waals surface area contributed by atoms with Gasteiger partial charge >= 0.3 is 0 Å². The highest BCUT2D eigenvalue weighted by Crippen LogP contribution is 2.25. The van der Waals surface area contributed by atoms with Gasteiger partial charge in [-0.1, -0.05) is 12.8 Å². The molecular weight excluding hydrogens is 321 g/mol. The van der Waals surface area contributed by atoms with Crippen LogP contribution in [0.15, 0.2) is 18.5 Å². The first-order valence-corrected chi connectivity index (χ1v) is 9.44. The lowest BCUT2D eigenvalue weighted by Gasteiger charge is -2.30. The summed E-state index contributed by atoms with van der Waals surface area (Å²) in [4.78, 5) is 19.3. The number of aromatic nitrogens is 2. The lowest BCUT2D eigenvalue weighted by molar-refractivity contribution is 0.0930. The molecule has 2 atom stereocenters. The van der Waals surface area contributed by atoms with Crippen molar-refractivity contribution in [2.75, 3.05) is 6.26 Å². The van der Waals surface area contributed by atoms with E-state index in [2.05, 4.69) is 15.3 Å². The van der Waals surface area contributed by atoms with Crippen LogP contribution in [-0.4, -0.2) is 41.8 Å². The molecule has 6 nitrogen and oxygen atoms in total. The summed E-state index contributed by atoms with van der Waals surface area (Å²) in [6.45, 7) is 0. The number of amides is 1. The molecule has 1 amide bonds. The number of rotatable bonds is 3. The van der Waals surface area contributed by atoms with Crippen LogP contribution in [0.25, 0.3) is 11.0 Å². The Morgan fingerprint density at radius 3 is 2.83 bits per heavy atom. The number of sulfone groups is 1. The van der Waals surface area contributed by atoms with Gasteiger partial charge in [0.2, 0.25) is 0 Å². The molecule has 0 unspecified atom stereocenters. The van der Waals surface area contributed by atoms with Crippen LogP contribution in [0.2, 0.25) is 0 Å². The Kier molecular flexibility index (Phi) is 4.09. The fraction of sp³-hybridized carbons (Fsp3) is 0.467. The van der Waals surface area contributed by atoms with E-state index in [1.165, 1.54) is 18.6 Å². The summed E-state index contributed by atoms with van der Waals surface area (Å²) in [6, 6.07) is 1.93. The van der Waals surface area contributed by atoms with Crippen LogP contribution in [0, 0.1) is 5.82 Å². The molecule has 1 aromatic carbocycles. The van der Waals surface area contributed by atoms with Crippen molar-refractivity contribution in [3.05, 3.63) is 29.8 Å². The number of H-pyrrole nitrogens is 1. The van der Waals surface area contributed by atoms with E-state index in [1.807, 2.05) is 0 Å². The molecule has 23 heavy (non-hydrogen) atoms. The standard InChI is InChI=1S/C15H18FN3O3S/c1-23(21,22)13-5-3-2-4-11(13)19-15(20)10-6-9(16)7-12-14(10)18-8-17-12/h6-8,11,13H,2-5H2,1H3,(H,17,18)(H,19,20)/t11-,13-/m1/s1. The number of benzene rings is 1. The van der Waals surface area contributed by atoms with Gasteiger partial charge in [0.25, 0.3) is 5.91 Å². The van der Waals surface area contributed by atoms with Crippen LogP contribution in [0.5, 0.6) is 0 Å². The molecule has 0 spiro atoms. The average molecular weight is 339 g/mol. The van der Waals surface area contributed by atoms with Gasteiger partial charge in [-0.2, -0.15) is 0 Å². The van der Waals surface area contributed by atoms with Gasteiger partial charge in [0.15, 0.2) is 9.84 Å². The maximum Gasteiger partial charge on any atom is 0.253 e. The molecular formula is C15H18FN3O3S. The second-order valence-electron chi connectivity index (χ2n) is 5.98. The third kappa shape index (κ3) is 3.21. The first-order chi connectivity index (χ1) is 10.9. The molecule has 1 aliphatic carbocycles. The number of fused-ring (bicyclic) bond motifs is 1. The fourth-order valence-corrected chi connectivity index (χ4v) is 4.60. The van der Waals surface area contributed by atoms with Crippen molar-refractivity contribution in [2.45, 2.75) is 37.0 Å². The minimum atomic E-state index is -3.25. The summed E-state index contributed by atoms with van der Waals surface area (Å²) in [5.74, 6) is -1.04. The Balaban J connectivity index is 1.89. The van der Waals surface area contributed by atoms with E-state index in [0.717, 1.165) is 18.9 Å². The predicted octanol–water partition coefficient (Wildman–Crippen LogP) is 1.79. The molecule has 2 aromatic rings. The Bertz CT molecular complexity index is 847. The van der Waals surface area contributed by atoms with Crippen molar-refractivity contribution in [2.24, 2.45) is 0 Å². The lowest BCUT2D eigenvalue weighted by atomic mass is 9.94. The molecule has 2 N–H and O–H groups in total. The van der Waals surface area contributed by atoms with Crippen LogP contribution in [0.3, 0.4) is 0 Å². The number of carbonyl (C=O) groups is 1. The smallest absolute Gasteiger partial charge is 0.253 e. The molecule has 3 rings (SSSR count). The normalized spacial score (nSPS) is 22.2. The van der Waals surface area contributed by atoms with Crippen LogP contribution in [-0.2, 0) is 9.84 Å². The number of nitrogens with one attached hydrogen (secondary N) is 2. The second-order valence-corrected chi connectivity index (χ2v) is 8.25. The summed E-state index contributed by atoms with van der Waals surface area (Å²) in [6.07, 6.45) is 5.40. The third-order valence-electron chi connectivity index (χ3n) is 4.30. The van der Waals surface area contributed by atoms with E-state index >= 15 is 0 Å². The first kappa shape index (κ1) is 15.9. The third-order valence-corrected chi connectivity index (χ3v) is 5.97. The van der Waals surface area contributed by atoms with Gasteiger partial charge in [0, 0.05) is 12.3 Å². The highest BCUT2D eigenvalue weighted by Gasteiger charge is 2.34. The van der Waals surface area contributed by atoms with Crippen molar-refractivity contribution in [1.82, 2.24) is 15.3 Å². The van der Waals surface area contributed by atoms with Gasteiger partial charge in [-0.15, -0.1) is 0 Å². The fourth-order valence-electron chi connectivity index (χ4n) is 3.21. The molecule has 1 aromatic heterocycles. The van der Waals surface area contributed by atoms with E-state index in [4.69, 9.17) is 0 Å². The molecule has 8 heteroatoms. The van der Waals surface area contributed by atoms with Crippen molar-refractivity contribution in [1.29, 1.82) is 0 Å². The van der Waals surface area contributed by atoms with Gasteiger partial charge < -0.3 is 10.3 Å². The topological polar surface area (TPSA) is 91.9 Å². The van der Waals surface area contributed by atoms with E-state index in [1.54, 1.807) is 0 Å². The number of hydrogen-bond donors (Lipinski definition) is 2. The summed E-state index contributed by atoms with van der Waals surface area (Å²) in [5, 5.41) is 2.17. The van der Waals surface area contributed by atoms with Crippen molar-refractivity contribution >= 4 is 26.8 Å². The highest BCUT2D eigenvalue weighted by molar-refractivity contribution is 7.91. The number of carbonyl (C=O) groups excluding carboxylic acids is 1. The first-order valence-electron chi connectivity index (χ1n) is 7.48. The van der Waals surface area contributed by atoms with Gasteiger partial charge in [0.1, 0.15) is 11.3 Å². The molecule has 124 valence electrons. The molecule has 1 aliphatic rings. The Hall–Kier alpha value is -1.96.